The molecule has 2 aromatic heterocycles. The molecule has 1 aliphatic heterocycles. The minimum atomic E-state index is -0.272. The van der Waals surface area contributed by atoms with Crippen molar-refractivity contribution in [1.29, 1.82) is 0 Å². The summed E-state index contributed by atoms with van der Waals surface area (Å²) in [5.41, 5.74) is 3.24. The molecule has 1 aliphatic carbocycles. The molecule has 3 heterocycles. The standard InChI is InChI=1S/C18H24N4O2S/c1-2-11-3-4-13-14(9-11)25-18-15(13)16(19-10-20-18)22-7-5-12(6-8-22)17(23)21-24/h10-12,24H,2-9H2,1H3,(H,21,23). The SMILES string of the molecule is CCC1CCc2c(sc3ncnc(N4CCC(C(=O)NO)CC4)c23)C1. The number of carbonyl (C=O) groups excluding carboxylic acids is 1. The van der Waals surface area contributed by atoms with Gasteiger partial charge in [-0.1, -0.05) is 13.3 Å². The number of piperidine rings is 1. The van der Waals surface area contributed by atoms with Gasteiger partial charge in [0.2, 0.25) is 5.91 Å². The molecule has 2 aromatic rings. The summed E-state index contributed by atoms with van der Waals surface area (Å²) in [7, 11) is 0. The lowest BCUT2D eigenvalue weighted by Gasteiger charge is -2.32. The number of aryl methyl sites for hydroxylation is 1. The van der Waals surface area contributed by atoms with Crippen LogP contribution in [0.4, 0.5) is 5.82 Å². The number of anilines is 1. The molecule has 1 unspecified atom stereocenters. The lowest BCUT2D eigenvalue weighted by Crippen LogP contribution is -2.40. The Balaban J connectivity index is 1.63. The topological polar surface area (TPSA) is 78.4 Å². The molecule has 7 heteroatoms. The minimum Gasteiger partial charge on any atom is -0.356 e. The summed E-state index contributed by atoms with van der Waals surface area (Å²) in [4.78, 5) is 25.6. The van der Waals surface area contributed by atoms with Gasteiger partial charge in [-0.25, -0.2) is 15.4 Å². The van der Waals surface area contributed by atoms with Crippen LogP contribution in [0.25, 0.3) is 10.2 Å². The van der Waals surface area contributed by atoms with Crippen molar-refractivity contribution < 1.29 is 10.0 Å². The maximum Gasteiger partial charge on any atom is 0.246 e. The Morgan fingerprint density at radius 3 is 2.88 bits per heavy atom. The van der Waals surface area contributed by atoms with E-state index in [9.17, 15) is 4.79 Å². The Labute approximate surface area is 151 Å². The first-order chi connectivity index (χ1) is 12.2. The smallest absolute Gasteiger partial charge is 0.246 e. The lowest BCUT2D eigenvalue weighted by atomic mass is 9.86. The monoisotopic (exact) mass is 360 g/mol. The molecule has 0 aromatic carbocycles. The van der Waals surface area contributed by atoms with Crippen LogP contribution in [0.1, 0.15) is 43.0 Å². The first kappa shape index (κ1) is 16.7. The third kappa shape index (κ3) is 3.00. The van der Waals surface area contributed by atoms with Crippen LogP contribution in [0, 0.1) is 11.8 Å². The van der Waals surface area contributed by atoms with Crippen molar-refractivity contribution in [2.75, 3.05) is 18.0 Å². The Kier molecular flexibility index (Phi) is 4.60. The molecule has 1 fully saturated rings. The van der Waals surface area contributed by atoms with Gasteiger partial charge >= 0.3 is 0 Å². The van der Waals surface area contributed by atoms with E-state index in [1.54, 1.807) is 11.8 Å². The Morgan fingerprint density at radius 2 is 2.16 bits per heavy atom. The number of nitrogens with zero attached hydrogens (tertiary/aromatic N) is 3. The van der Waals surface area contributed by atoms with E-state index >= 15 is 0 Å². The number of hydroxylamine groups is 1. The van der Waals surface area contributed by atoms with Crippen LogP contribution in [0.3, 0.4) is 0 Å². The summed E-state index contributed by atoms with van der Waals surface area (Å²) >= 11 is 1.83. The number of carbonyl (C=O) groups is 1. The second kappa shape index (κ2) is 6.88. The van der Waals surface area contributed by atoms with Gasteiger partial charge in [0, 0.05) is 23.9 Å². The quantitative estimate of drug-likeness (QED) is 0.650. The zero-order valence-electron chi connectivity index (χ0n) is 14.5. The van der Waals surface area contributed by atoms with Crippen LogP contribution >= 0.6 is 11.3 Å². The van der Waals surface area contributed by atoms with Crippen molar-refractivity contribution in [1.82, 2.24) is 15.4 Å². The molecular weight excluding hydrogens is 336 g/mol. The van der Waals surface area contributed by atoms with Gasteiger partial charge in [0.05, 0.1) is 5.39 Å². The third-order valence-corrected chi connectivity index (χ3v) is 6.94. The van der Waals surface area contributed by atoms with Crippen LogP contribution in [-0.2, 0) is 17.6 Å². The van der Waals surface area contributed by atoms with Gasteiger partial charge in [0.1, 0.15) is 17.0 Å². The van der Waals surface area contributed by atoms with Crippen LogP contribution in [0.5, 0.6) is 0 Å². The van der Waals surface area contributed by atoms with Gasteiger partial charge in [0.25, 0.3) is 0 Å². The molecule has 4 rings (SSSR count). The van der Waals surface area contributed by atoms with E-state index in [2.05, 4.69) is 21.8 Å². The highest BCUT2D eigenvalue weighted by Gasteiger charge is 2.29. The van der Waals surface area contributed by atoms with Gasteiger partial charge < -0.3 is 4.90 Å². The van der Waals surface area contributed by atoms with E-state index in [-0.39, 0.29) is 11.8 Å². The Hall–Kier alpha value is -1.73. The molecule has 25 heavy (non-hydrogen) atoms. The molecule has 134 valence electrons. The van der Waals surface area contributed by atoms with E-state index in [1.165, 1.54) is 35.1 Å². The molecule has 0 radical (unpaired) electrons. The number of amides is 1. The third-order valence-electron chi connectivity index (χ3n) is 5.78. The first-order valence-corrected chi connectivity index (χ1v) is 9.97. The zero-order valence-corrected chi connectivity index (χ0v) is 15.3. The predicted octanol–water partition coefficient (Wildman–Crippen LogP) is 2.93. The van der Waals surface area contributed by atoms with Crippen molar-refractivity contribution >= 4 is 33.3 Å². The molecule has 0 saturated carbocycles. The fourth-order valence-electron chi connectivity index (χ4n) is 4.19. The molecule has 6 nitrogen and oxygen atoms in total. The summed E-state index contributed by atoms with van der Waals surface area (Å²) in [6, 6.07) is 0. The number of aromatic nitrogens is 2. The lowest BCUT2D eigenvalue weighted by molar-refractivity contribution is -0.134. The van der Waals surface area contributed by atoms with Crippen molar-refractivity contribution in [2.24, 2.45) is 11.8 Å². The largest absolute Gasteiger partial charge is 0.356 e. The van der Waals surface area contributed by atoms with E-state index in [0.717, 1.165) is 48.9 Å². The number of fused-ring (bicyclic) bond motifs is 3. The molecule has 0 bridgehead atoms. The maximum atomic E-state index is 11.6. The highest BCUT2D eigenvalue weighted by Crippen LogP contribution is 2.41. The first-order valence-electron chi connectivity index (χ1n) is 9.15. The number of hydrogen-bond acceptors (Lipinski definition) is 6. The normalized spacial score (nSPS) is 21.4. The summed E-state index contributed by atoms with van der Waals surface area (Å²) < 4.78 is 0. The molecule has 1 saturated heterocycles. The van der Waals surface area contributed by atoms with Crippen LogP contribution in [0.2, 0.25) is 0 Å². The van der Waals surface area contributed by atoms with E-state index in [4.69, 9.17) is 5.21 Å². The number of nitrogens with one attached hydrogen (secondary N) is 1. The average molecular weight is 360 g/mol. The van der Waals surface area contributed by atoms with E-state index in [0.29, 0.717) is 0 Å². The number of hydrogen-bond donors (Lipinski definition) is 2. The molecule has 1 atom stereocenters. The predicted molar refractivity (Wildman–Crippen MR) is 98.1 cm³/mol. The van der Waals surface area contributed by atoms with E-state index in [1.807, 2.05) is 11.3 Å². The Morgan fingerprint density at radius 1 is 1.36 bits per heavy atom. The van der Waals surface area contributed by atoms with Crippen molar-refractivity contribution in [3.05, 3.63) is 16.8 Å². The van der Waals surface area contributed by atoms with Crippen molar-refractivity contribution in [3.8, 4) is 0 Å². The maximum absolute atomic E-state index is 11.6. The molecule has 2 N–H and O–H groups in total. The van der Waals surface area contributed by atoms with Gasteiger partial charge in [-0.15, -0.1) is 11.3 Å². The fraction of sp³-hybridized carbons (Fsp3) is 0.611. The number of rotatable bonds is 3. The van der Waals surface area contributed by atoms with Crippen molar-refractivity contribution in [3.63, 3.8) is 0 Å². The highest BCUT2D eigenvalue weighted by atomic mass is 32.1. The van der Waals surface area contributed by atoms with E-state index < -0.39 is 0 Å². The minimum absolute atomic E-state index is 0.111. The average Bonchev–Trinajstić information content (AvgIpc) is 3.05. The van der Waals surface area contributed by atoms with Gasteiger partial charge in [-0.05, 0) is 43.6 Å². The zero-order chi connectivity index (χ0) is 17.4. The van der Waals surface area contributed by atoms with Gasteiger partial charge in [-0.3, -0.25) is 10.0 Å². The second-order valence-corrected chi connectivity index (χ2v) is 8.22. The summed E-state index contributed by atoms with van der Waals surface area (Å²) in [5, 5.41) is 10.1. The van der Waals surface area contributed by atoms with Crippen LogP contribution in [-0.4, -0.2) is 34.2 Å². The molecule has 2 aliphatic rings. The Bertz CT molecular complexity index is 783. The van der Waals surface area contributed by atoms with Crippen LogP contribution in [0.15, 0.2) is 6.33 Å². The second-order valence-electron chi connectivity index (χ2n) is 7.14. The summed E-state index contributed by atoms with van der Waals surface area (Å²) in [6.07, 6.45) is 7.94. The van der Waals surface area contributed by atoms with Crippen molar-refractivity contribution in [2.45, 2.75) is 45.4 Å². The van der Waals surface area contributed by atoms with Gasteiger partial charge in [-0.2, -0.15) is 0 Å². The highest BCUT2D eigenvalue weighted by molar-refractivity contribution is 7.19. The summed E-state index contributed by atoms with van der Waals surface area (Å²) in [5.74, 6) is 1.44. The molecule has 1 amide bonds. The number of thiophene rings is 1. The van der Waals surface area contributed by atoms with Gasteiger partial charge in [0.15, 0.2) is 0 Å². The molecular formula is C18H24N4O2S. The van der Waals surface area contributed by atoms with Crippen LogP contribution < -0.4 is 10.4 Å². The molecule has 0 spiro atoms. The fourth-order valence-corrected chi connectivity index (χ4v) is 5.49. The summed E-state index contributed by atoms with van der Waals surface area (Å²) in [6.45, 7) is 3.85.